The fourth-order valence-electron chi connectivity index (χ4n) is 4.70. The lowest BCUT2D eigenvalue weighted by atomic mass is 9.88. The lowest BCUT2D eigenvalue weighted by molar-refractivity contribution is -0.134. The second-order valence-corrected chi connectivity index (χ2v) is 12.2. The average Bonchev–Trinajstić information content (AvgIpc) is 3.16. The molecule has 2 amide bonds. The molecule has 0 spiro atoms. The number of ether oxygens (including phenoxy) is 1. The van der Waals surface area contributed by atoms with Crippen LogP contribution in [0.4, 0.5) is 10.6 Å². The van der Waals surface area contributed by atoms with Crippen LogP contribution in [0.3, 0.4) is 0 Å². The van der Waals surface area contributed by atoms with Crippen LogP contribution in [0.2, 0.25) is 0 Å². The van der Waals surface area contributed by atoms with Crippen LogP contribution in [0.15, 0.2) is 29.3 Å². The van der Waals surface area contributed by atoms with Crippen molar-refractivity contribution in [3.63, 3.8) is 0 Å². The molecule has 1 unspecified atom stereocenters. The lowest BCUT2D eigenvalue weighted by Crippen LogP contribution is -2.46. The van der Waals surface area contributed by atoms with E-state index >= 15 is 0 Å². The largest absolute Gasteiger partial charge is 0.436 e. The Kier molecular flexibility index (Phi) is 11.0. The SMILES string of the molecule is CCc1c(C#N)c(SCc2ccc(CNC(=O)C(OC(N)=O)C(C)(C)C)cc2)nc(N2CCCN(C)CC2)c1C#N. The van der Waals surface area contributed by atoms with Crippen LogP contribution in [-0.2, 0) is 28.2 Å². The maximum absolute atomic E-state index is 12.7. The summed E-state index contributed by atoms with van der Waals surface area (Å²) in [6, 6.07) is 12.4. The van der Waals surface area contributed by atoms with Gasteiger partial charge in [-0.15, -0.1) is 11.8 Å². The molecule has 0 bridgehead atoms. The van der Waals surface area contributed by atoms with Gasteiger partial charge in [0.05, 0.1) is 11.1 Å². The molecule has 3 rings (SSSR count). The predicted molar refractivity (Wildman–Crippen MR) is 159 cm³/mol. The van der Waals surface area contributed by atoms with Crippen LogP contribution in [0.5, 0.6) is 0 Å². The smallest absolute Gasteiger partial charge is 0.405 e. The number of primary amides is 1. The molecular weight excluding hydrogens is 538 g/mol. The number of hydrogen-bond acceptors (Lipinski definition) is 9. The minimum Gasteiger partial charge on any atom is -0.436 e. The third kappa shape index (κ3) is 8.35. The Balaban J connectivity index is 1.74. The summed E-state index contributed by atoms with van der Waals surface area (Å²) in [5.41, 5.74) is 8.17. The van der Waals surface area contributed by atoms with Crippen molar-refractivity contribution in [1.29, 1.82) is 10.5 Å². The molecule has 1 saturated heterocycles. The number of nitriles is 2. The van der Waals surface area contributed by atoms with Crippen molar-refractivity contribution in [1.82, 2.24) is 15.2 Å². The zero-order valence-electron chi connectivity index (χ0n) is 24.5. The van der Waals surface area contributed by atoms with Crippen LogP contribution in [0, 0.1) is 28.1 Å². The van der Waals surface area contributed by atoms with E-state index in [0.717, 1.165) is 49.3 Å². The zero-order chi connectivity index (χ0) is 30.2. The molecule has 41 heavy (non-hydrogen) atoms. The number of pyridine rings is 1. The molecule has 1 aromatic carbocycles. The van der Waals surface area contributed by atoms with E-state index in [0.29, 0.717) is 34.1 Å². The number of carbonyl (C=O) groups excluding carboxylic acids is 2. The number of rotatable bonds is 9. The van der Waals surface area contributed by atoms with Gasteiger partial charge in [0.25, 0.3) is 5.91 Å². The van der Waals surface area contributed by atoms with Gasteiger partial charge >= 0.3 is 6.09 Å². The first-order valence-electron chi connectivity index (χ1n) is 13.7. The van der Waals surface area contributed by atoms with Crippen LogP contribution in [0.1, 0.15) is 61.9 Å². The van der Waals surface area contributed by atoms with E-state index in [4.69, 9.17) is 15.5 Å². The number of nitrogens with zero attached hydrogens (tertiary/aromatic N) is 5. The first kappa shape index (κ1) is 31.7. The van der Waals surface area contributed by atoms with Gasteiger partial charge in [0.1, 0.15) is 23.0 Å². The number of likely N-dealkylation sites (N-methyl/N-ethyl adjacent to an activating group) is 1. The van der Waals surface area contributed by atoms with Gasteiger partial charge in [0.15, 0.2) is 6.10 Å². The fourth-order valence-corrected chi connectivity index (χ4v) is 5.66. The summed E-state index contributed by atoms with van der Waals surface area (Å²) in [4.78, 5) is 33.2. The Morgan fingerprint density at radius 1 is 1.10 bits per heavy atom. The van der Waals surface area contributed by atoms with Crippen molar-refractivity contribution in [3.05, 3.63) is 52.1 Å². The Hall–Kier alpha value is -3.80. The second-order valence-electron chi connectivity index (χ2n) is 11.2. The number of nitrogens with one attached hydrogen (secondary N) is 1. The molecule has 1 atom stereocenters. The topological polar surface area (TPSA) is 148 Å². The first-order valence-corrected chi connectivity index (χ1v) is 14.7. The van der Waals surface area contributed by atoms with Gasteiger partial charge in [0, 0.05) is 37.3 Å². The molecule has 0 saturated carbocycles. The van der Waals surface area contributed by atoms with Crippen molar-refractivity contribution >= 4 is 29.6 Å². The van der Waals surface area contributed by atoms with Gasteiger partial charge in [-0.3, -0.25) is 4.79 Å². The van der Waals surface area contributed by atoms with E-state index in [9.17, 15) is 20.1 Å². The van der Waals surface area contributed by atoms with Gasteiger partial charge < -0.3 is 25.6 Å². The van der Waals surface area contributed by atoms with Crippen LogP contribution in [0.25, 0.3) is 0 Å². The Labute approximate surface area is 246 Å². The van der Waals surface area contributed by atoms with Crippen LogP contribution < -0.4 is 16.0 Å². The molecule has 1 aromatic heterocycles. The van der Waals surface area contributed by atoms with E-state index in [-0.39, 0.29) is 6.54 Å². The van der Waals surface area contributed by atoms with Crippen molar-refractivity contribution in [3.8, 4) is 12.1 Å². The van der Waals surface area contributed by atoms with E-state index in [1.807, 2.05) is 31.2 Å². The van der Waals surface area contributed by atoms with Gasteiger partial charge in [-0.05, 0) is 43.1 Å². The van der Waals surface area contributed by atoms with Gasteiger partial charge in [-0.2, -0.15) is 10.5 Å². The number of nitrogens with two attached hydrogens (primary N) is 1. The normalized spacial score (nSPS) is 14.9. The first-order chi connectivity index (χ1) is 19.5. The van der Waals surface area contributed by atoms with Crippen molar-refractivity contribution in [2.45, 2.75) is 64.0 Å². The van der Waals surface area contributed by atoms with Crippen molar-refractivity contribution in [2.75, 3.05) is 38.1 Å². The molecular formula is C30H39N7O3S. The maximum Gasteiger partial charge on any atom is 0.405 e. The molecule has 0 radical (unpaired) electrons. The minimum atomic E-state index is -1.00. The number of anilines is 1. The number of aromatic nitrogens is 1. The number of hydrogen-bond donors (Lipinski definition) is 2. The van der Waals surface area contributed by atoms with Gasteiger partial charge in [0.2, 0.25) is 0 Å². The lowest BCUT2D eigenvalue weighted by Gasteiger charge is -2.28. The highest BCUT2D eigenvalue weighted by atomic mass is 32.2. The summed E-state index contributed by atoms with van der Waals surface area (Å²) in [6.45, 7) is 11.1. The Bertz CT molecular complexity index is 1330. The molecule has 0 aliphatic carbocycles. The Morgan fingerprint density at radius 3 is 2.34 bits per heavy atom. The average molecular weight is 578 g/mol. The minimum absolute atomic E-state index is 0.269. The van der Waals surface area contributed by atoms with Crippen LogP contribution in [-0.4, -0.2) is 61.2 Å². The van der Waals surface area contributed by atoms with E-state index in [2.05, 4.69) is 34.3 Å². The summed E-state index contributed by atoms with van der Waals surface area (Å²) in [5, 5.41) is 23.5. The maximum atomic E-state index is 12.7. The third-order valence-corrected chi connectivity index (χ3v) is 8.02. The second kappa shape index (κ2) is 14.2. The molecule has 2 heterocycles. The summed E-state index contributed by atoms with van der Waals surface area (Å²) in [6.07, 6.45) is -0.438. The van der Waals surface area contributed by atoms with E-state index < -0.39 is 23.5 Å². The quantitative estimate of drug-likeness (QED) is 0.423. The summed E-state index contributed by atoms with van der Waals surface area (Å²) >= 11 is 1.48. The number of amides is 2. The standard InChI is InChI=1S/C30H39N7O3S/c1-6-22-23(16-31)26(37-13-7-12-36(5)14-15-37)35-28(24(22)17-32)41-19-21-10-8-20(9-11-21)18-34-27(38)25(30(2,3)4)40-29(33)39/h8-11,25H,6-7,12-15,18-19H2,1-5H3,(H2,33,39)(H,34,38). The molecule has 10 nitrogen and oxygen atoms in total. The molecule has 1 aliphatic rings. The molecule has 3 N–H and O–H groups in total. The number of carbonyl (C=O) groups is 2. The van der Waals surface area contributed by atoms with Gasteiger partial charge in [-0.1, -0.05) is 52.0 Å². The molecule has 11 heteroatoms. The van der Waals surface area contributed by atoms with E-state index in [1.54, 1.807) is 20.8 Å². The summed E-state index contributed by atoms with van der Waals surface area (Å²) < 4.78 is 5.04. The zero-order valence-corrected chi connectivity index (χ0v) is 25.3. The summed E-state index contributed by atoms with van der Waals surface area (Å²) in [7, 11) is 2.10. The third-order valence-electron chi connectivity index (χ3n) is 6.97. The number of thioether (sulfide) groups is 1. The highest BCUT2D eigenvalue weighted by Crippen LogP contribution is 2.34. The number of benzene rings is 1. The van der Waals surface area contributed by atoms with E-state index in [1.165, 1.54) is 11.8 Å². The highest BCUT2D eigenvalue weighted by Gasteiger charge is 2.34. The molecule has 2 aromatic rings. The van der Waals surface area contributed by atoms with Crippen molar-refractivity contribution in [2.24, 2.45) is 11.1 Å². The molecule has 218 valence electrons. The molecule has 1 fully saturated rings. The summed E-state index contributed by atoms with van der Waals surface area (Å²) in [5.74, 6) is 0.843. The van der Waals surface area contributed by atoms with Gasteiger partial charge in [-0.25, -0.2) is 9.78 Å². The monoisotopic (exact) mass is 577 g/mol. The van der Waals surface area contributed by atoms with Crippen LogP contribution >= 0.6 is 11.8 Å². The Morgan fingerprint density at radius 2 is 1.76 bits per heavy atom. The molecule has 1 aliphatic heterocycles. The predicted octanol–water partition coefficient (Wildman–Crippen LogP) is 3.95. The highest BCUT2D eigenvalue weighted by molar-refractivity contribution is 7.98. The van der Waals surface area contributed by atoms with Crippen molar-refractivity contribution < 1.29 is 14.3 Å². The fraction of sp³-hybridized carbons (Fsp3) is 0.500.